The molecule has 0 unspecified atom stereocenters. The first-order valence-electron chi connectivity index (χ1n) is 10.1. The Bertz CT molecular complexity index is 765. The van der Waals surface area contributed by atoms with Gasteiger partial charge in [0.2, 0.25) is 0 Å². The Morgan fingerprint density at radius 1 is 1.19 bits per heavy atom. The highest BCUT2D eigenvalue weighted by atomic mass is 16.2. The van der Waals surface area contributed by atoms with Crippen molar-refractivity contribution in [3.63, 3.8) is 0 Å². The average Bonchev–Trinajstić information content (AvgIpc) is 3.40. The van der Waals surface area contributed by atoms with Gasteiger partial charge in [-0.05, 0) is 50.0 Å². The Balaban J connectivity index is 1.29. The topological polar surface area (TPSA) is 63.1 Å². The van der Waals surface area contributed by atoms with Crippen LogP contribution in [0.4, 0.5) is 4.79 Å². The van der Waals surface area contributed by atoms with E-state index in [-0.39, 0.29) is 6.03 Å². The Labute approximate surface area is 161 Å². The van der Waals surface area contributed by atoms with Crippen molar-refractivity contribution in [1.29, 1.82) is 0 Å². The van der Waals surface area contributed by atoms with E-state index in [1.165, 1.54) is 18.4 Å². The molecule has 4 rings (SSSR count). The molecular formula is C21H29N5O. The third-order valence-electron chi connectivity index (χ3n) is 5.69. The number of piperidine rings is 1. The number of carbonyl (C=O) groups excluding carboxylic acids is 1. The fourth-order valence-electron chi connectivity index (χ4n) is 3.84. The molecule has 1 aromatic carbocycles. The molecule has 1 aliphatic carbocycles. The maximum atomic E-state index is 12.6. The maximum absolute atomic E-state index is 12.6. The molecule has 27 heavy (non-hydrogen) atoms. The van der Waals surface area contributed by atoms with E-state index in [0.717, 1.165) is 56.2 Å². The number of likely N-dealkylation sites (tertiary alicyclic amines) is 1. The van der Waals surface area contributed by atoms with Gasteiger partial charge in [-0.15, -0.1) is 10.2 Å². The molecule has 2 fully saturated rings. The van der Waals surface area contributed by atoms with Crippen molar-refractivity contribution in [1.82, 2.24) is 25.0 Å². The van der Waals surface area contributed by atoms with Crippen LogP contribution in [0.3, 0.4) is 0 Å². The first kappa shape index (κ1) is 18.0. The number of carbonyl (C=O) groups is 1. The molecule has 2 amide bonds. The van der Waals surface area contributed by atoms with Gasteiger partial charge < -0.3 is 14.8 Å². The number of aryl methyl sites for hydroxylation is 1. The fraction of sp³-hybridized carbons (Fsp3) is 0.571. The van der Waals surface area contributed by atoms with Crippen molar-refractivity contribution in [3.05, 3.63) is 47.5 Å². The standard InChI is InChI=1S/C21H29N5O/c1-16-4-6-17(7-5-16)12-22-21(27)25-10-2-3-19(14-25)11-20-24-23-15-26(20)13-18-8-9-18/h4-7,15,18-19H,2-3,8-14H2,1H3,(H,22,27)/t19-/m1/s1. The highest BCUT2D eigenvalue weighted by Crippen LogP contribution is 2.31. The highest BCUT2D eigenvalue weighted by molar-refractivity contribution is 5.74. The number of rotatable bonds is 6. The summed E-state index contributed by atoms with van der Waals surface area (Å²) < 4.78 is 2.22. The minimum Gasteiger partial charge on any atom is -0.334 e. The van der Waals surface area contributed by atoms with E-state index in [9.17, 15) is 4.79 Å². The van der Waals surface area contributed by atoms with Crippen molar-refractivity contribution in [2.24, 2.45) is 11.8 Å². The number of aromatic nitrogens is 3. The molecule has 1 atom stereocenters. The van der Waals surface area contributed by atoms with Crippen molar-refractivity contribution >= 4 is 6.03 Å². The lowest BCUT2D eigenvalue weighted by Crippen LogP contribution is -2.45. The Hall–Kier alpha value is -2.37. The average molecular weight is 367 g/mol. The highest BCUT2D eigenvalue weighted by Gasteiger charge is 2.27. The lowest BCUT2D eigenvalue weighted by molar-refractivity contribution is 0.164. The minimum atomic E-state index is 0.0414. The summed E-state index contributed by atoms with van der Waals surface area (Å²) in [5, 5.41) is 11.5. The first-order valence-corrected chi connectivity index (χ1v) is 10.1. The van der Waals surface area contributed by atoms with Crippen LogP contribution in [-0.2, 0) is 19.5 Å². The Morgan fingerprint density at radius 3 is 2.78 bits per heavy atom. The molecule has 2 aromatic rings. The number of nitrogens with zero attached hydrogens (tertiary/aromatic N) is 4. The number of amides is 2. The summed E-state index contributed by atoms with van der Waals surface area (Å²) in [6.07, 6.45) is 7.64. The number of nitrogens with one attached hydrogen (secondary N) is 1. The molecule has 1 saturated carbocycles. The predicted molar refractivity (Wildman–Crippen MR) is 104 cm³/mol. The van der Waals surface area contributed by atoms with E-state index in [2.05, 4.69) is 51.3 Å². The number of hydrogen-bond acceptors (Lipinski definition) is 3. The van der Waals surface area contributed by atoms with Crippen LogP contribution in [-0.4, -0.2) is 38.8 Å². The van der Waals surface area contributed by atoms with Gasteiger partial charge in [0.1, 0.15) is 12.2 Å². The van der Waals surface area contributed by atoms with Crippen LogP contribution in [0.1, 0.15) is 42.6 Å². The molecular weight excluding hydrogens is 338 g/mol. The summed E-state index contributed by atoms with van der Waals surface area (Å²) in [5.41, 5.74) is 2.37. The molecule has 2 aliphatic rings. The van der Waals surface area contributed by atoms with Crippen molar-refractivity contribution in [2.75, 3.05) is 13.1 Å². The number of urea groups is 1. The molecule has 0 radical (unpaired) electrons. The lowest BCUT2D eigenvalue weighted by atomic mass is 9.94. The monoisotopic (exact) mass is 367 g/mol. The van der Waals surface area contributed by atoms with E-state index in [4.69, 9.17) is 0 Å². The Kier molecular flexibility index (Phi) is 5.41. The predicted octanol–water partition coefficient (Wildman–Crippen LogP) is 3.16. The van der Waals surface area contributed by atoms with E-state index in [0.29, 0.717) is 12.5 Å². The molecule has 6 heteroatoms. The van der Waals surface area contributed by atoms with Crippen LogP contribution >= 0.6 is 0 Å². The van der Waals surface area contributed by atoms with Gasteiger partial charge >= 0.3 is 6.03 Å². The molecule has 1 aromatic heterocycles. The third-order valence-corrected chi connectivity index (χ3v) is 5.69. The largest absolute Gasteiger partial charge is 0.334 e. The van der Waals surface area contributed by atoms with Gasteiger partial charge in [0.25, 0.3) is 0 Å². The van der Waals surface area contributed by atoms with E-state index < -0.39 is 0 Å². The summed E-state index contributed by atoms with van der Waals surface area (Å²) in [6.45, 7) is 5.34. The summed E-state index contributed by atoms with van der Waals surface area (Å²) in [7, 11) is 0. The zero-order chi connectivity index (χ0) is 18.6. The molecule has 1 aliphatic heterocycles. The van der Waals surface area contributed by atoms with Crippen molar-refractivity contribution in [2.45, 2.75) is 52.1 Å². The van der Waals surface area contributed by atoms with Crippen molar-refractivity contribution < 1.29 is 4.79 Å². The molecule has 0 bridgehead atoms. The molecule has 6 nitrogen and oxygen atoms in total. The molecule has 144 valence electrons. The van der Waals surface area contributed by atoms with Gasteiger partial charge in [-0.3, -0.25) is 0 Å². The zero-order valence-electron chi connectivity index (χ0n) is 16.1. The molecule has 1 saturated heterocycles. The Morgan fingerprint density at radius 2 is 2.00 bits per heavy atom. The zero-order valence-corrected chi connectivity index (χ0v) is 16.1. The lowest BCUT2D eigenvalue weighted by Gasteiger charge is -2.32. The van der Waals surface area contributed by atoms with Crippen LogP contribution in [0.25, 0.3) is 0 Å². The first-order chi connectivity index (χ1) is 13.2. The van der Waals surface area contributed by atoms with Crippen molar-refractivity contribution in [3.8, 4) is 0 Å². The normalized spacial score (nSPS) is 19.9. The molecule has 2 heterocycles. The van der Waals surface area contributed by atoms with Crippen LogP contribution < -0.4 is 5.32 Å². The van der Waals surface area contributed by atoms with Gasteiger partial charge in [-0.2, -0.15) is 0 Å². The van der Waals surface area contributed by atoms with Crippen LogP contribution in [0.5, 0.6) is 0 Å². The third kappa shape index (κ3) is 4.87. The number of hydrogen-bond donors (Lipinski definition) is 1. The minimum absolute atomic E-state index is 0.0414. The van der Waals surface area contributed by atoms with Crippen LogP contribution in [0.15, 0.2) is 30.6 Å². The van der Waals surface area contributed by atoms with Crippen LogP contribution in [0.2, 0.25) is 0 Å². The second kappa shape index (κ2) is 8.11. The summed E-state index contributed by atoms with van der Waals surface area (Å²) in [6, 6.07) is 8.34. The van der Waals surface area contributed by atoms with E-state index in [1.54, 1.807) is 0 Å². The maximum Gasteiger partial charge on any atom is 0.317 e. The second-order valence-electron chi connectivity index (χ2n) is 8.15. The summed E-state index contributed by atoms with van der Waals surface area (Å²) in [5.74, 6) is 2.36. The smallest absolute Gasteiger partial charge is 0.317 e. The van der Waals surface area contributed by atoms with Gasteiger partial charge in [0.05, 0.1) is 0 Å². The second-order valence-corrected chi connectivity index (χ2v) is 8.15. The van der Waals surface area contributed by atoms with Crippen LogP contribution in [0, 0.1) is 18.8 Å². The van der Waals surface area contributed by atoms with E-state index >= 15 is 0 Å². The quantitative estimate of drug-likeness (QED) is 0.853. The fourth-order valence-corrected chi connectivity index (χ4v) is 3.84. The SMILES string of the molecule is Cc1ccc(CNC(=O)N2CCC[C@H](Cc3nncn3CC3CC3)C2)cc1. The van der Waals surface area contributed by atoms with Gasteiger partial charge in [-0.1, -0.05) is 29.8 Å². The van der Waals surface area contributed by atoms with Gasteiger partial charge in [-0.25, -0.2) is 4.79 Å². The molecule has 1 N–H and O–H groups in total. The van der Waals surface area contributed by atoms with E-state index in [1.807, 2.05) is 11.2 Å². The van der Waals surface area contributed by atoms with Gasteiger partial charge in [0, 0.05) is 32.6 Å². The summed E-state index contributed by atoms with van der Waals surface area (Å²) >= 11 is 0. The molecule has 0 spiro atoms. The summed E-state index contributed by atoms with van der Waals surface area (Å²) in [4.78, 5) is 14.6. The number of benzene rings is 1. The van der Waals surface area contributed by atoms with Gasteiger partial charge in [0.15, 0.2) is 0 Å².